The van der Waals surface area contributed by atoms with Gasteiger partial charge in [0.05, 0.1) is 0 Å². The highest BCUT2D eigenvalue weighted by atomic mass is 16.6. The first-order valence-corrected chi connectivity index (χ1v) is 7.00. The van der Waals surface area contributed by atoms with E-state index in [1.54, 1.807) is 60.7 Å². The fourth-order valence-corrected chi connectivity index (χ4v) is 1.70. The fourth-order valence-electron chi connectivity index (χ4n) is 1.70. The maximum atomic E-state index is 11.9. The molecule has 2 N–H and O–H groups in total. The van der Waals surface area contributed by atoms with Crippen LogP contribution in [0.3, 0.4) is 0 Å². The third-order valence-corrected chi connectivity index (χ3v) is 2.76. The SMILES string of the molecule is N#C/C(=N/OCC(=O)Nc1ccccc1)C(=O)Nc1ccccc1. The van der Waals surface area contributed by atoms with Crippen molar-refractivity contribution in [3.63, 3.8) is 0 Å². The Kier molecular flexibility index (Phi) is 6.06. The number of carbonyl (C=O) groups excluding carboxylic acids is 2. The third kappa shape index (κ3) is 5.27. The van der Waals surface area contributed by atoms with Crippen molar-refractivity contribution >= 4 is 28.9 Å². The summed E-state index contributed by atoms with van der Waals surface area (Å²) in [6.45, 7) is -0.418. The number of benzene rings is 2. The van der Waals surface area contributed by atoms with Crippen LogP contribution in [0.5, 0.6) is 0 Å². The van der Waals surface area contributed by atoms with E-state index < -0.39 is 24.1 Å². The van der Waals surface area contributed by atoms with Crippen LogP contribution in [0, 0.1) is 11.3 Å². The molecule has 2 aromatic carbocycles. The zero-order chi connectivity index (χ0) is 17.2. The fraction of sp³-hybridized carbons (Fsp3) is 0.0588. The minimum atomic E-state index is -0.716. The minimum Gasteiger partial charge on any atom is -0.384 e. The molecular weight excluding hydrogens is 308 g/mol. The van der Waals surface area contributed by atoms with Crippen molar-refractivity contribution < 1.29 is 14.4 Å². The van der Waals surface area contributed by atoms with Gasteiger partial charge in [0.1, 0.15) is 6.07 Å². The highest BCUT2D eigenvalue weighted by molar-refractivity contribution is 6.48. The first-order valence-electron chi connectivity index (χ1n) is 7.00. The number of nitrogens with one attached hydrogen (secondary N) is 2. The van der Waals surface area contributed by atoms with Crippen LogP contribution in [0.25, 0.3) is 0 Å². The zero-order valence-corrected chi connectivity index (χ0v) is 12.6. The molecule has 0 saturated heterocycles. The van der Waals surface area contributed by atoms with Gasteiger partial charge in [0.25, 0.3) is 11.8 Å². The van der Waals surface area contributed by atoms with E-state index in [4.69, 9.17) is 10.1 Å². The molecule has 0 atom stereocenters. The summed E-state index contributed by atoms with van der Waals surface area (Å²) in [5, 5.41) is 17.4. The minimum absolute atomic E-state index is 0.418. The second-order valence-electron chi connectivity index (χ2n) is 4.56. The topological polar surface area (TPSA) is 104 Å². The number of hydrogen-bond donors (Lipinski definition) is 2. The predicted molar refractivity (Wildman–Crippen MR) is 89.1 cm³/mol. The standard InChI is InChI=1S/C17H14N4O3/c18-11-15(17(23)20-14-9-5-2-6-10-14)21-24-12-16(22)19-13-7-3-1-4-8-13/h1-10H,12H2,(H,19,22)(H,20,23)/b21-15-. The molecule has 0 saturated carbocycles. The van der Waals surface area contributed by atoms with Gasteiger partial charge in [-0.3, -0.25) is 9.59 Å². The van der Waals surface area contributed by atoms with Crippen molar-refractivity contribution in [2.75, 3.05) is 17.2 Å². The van der Waals surface area contributed by atoms with Gasteiger partial charge in [0.15, 0.2) is 6.61 Å². The molecule has 2 rings (SSSR count). The average Bonchev–Trinajstić information content (AvgIpc) is 2.60. The Morgan fingerprint density at radius 3 is 2.04 bits per heavy atom. The van der Waals surface area contributed by atoms with Crippen molar-refractivity contribution in [3.8, 4) is 6.07 Å². The highest BCUT2D eigenvalue weighted by Crippen LogP contribution is 2.05. The Bertz CT molecular complexity index is 767. The van der Waals surface area contributed by atoms with Crippen LogP contribution < -0.4 is 10.6 Å². The summed E-state index contributed by atoms with van der Waals surface area (Å²) in [5.41, 5.74) is 0.649. The number of oxime groups is 1. The molecule has 0 aromatic heterocycles. The second-order valence-corrected chi connectivity index (χ2v) is 4.56. The molecule has 0 aliphatic heterocycles. The van der Waals surface area contributed by atoms with Gasteiger partial charge in [-0.1, -0.05) is 41.6 Å². The van der Waals surface area contributed by atoms with Crippen LogP contribution in [0.1, 0.15) is 0 Å². The number of para-hydroxylation sites is 2. The predicted octanol–water partition coefficient (Wildman–Crippen LogP) is 2.16. The lowest BCUT2D eigenvalue weighted by Gasteiger charge is -2.05. The molecule has 0 aliphatic carbocycles. The summed E-state index contributed by atoms with van der Waals surface area (Å²) < 4.78 is 0. The van der Waals surface area contributed by atoms with Crippen molar-refractivity contribution in [3.05, 3.63) is 60.7 Å². The summed E-state index contributed by atoms with van der Waals surface area (Å²) in [6.07, 6.45) is 0. The maximum Gasteiger partial charge on any atom is 0.288 e. The first-order chi connectivity index (χ1) is 11.7. The molecule has 0 unspecified atom stereocenters. The molecule has 24 heavy (non-hydrogen) atoms. The van der Waals surface area contributed by atoms with Gasteiger partial charge < -0.3 is 15.5 Å². The Labute approximate surface area is 138 Å². The zero-order valence-electron chi connectivity index (χ0n) is 12.6. The van der Waals surface area contributed by atoms with E-state index in [1.165, 1.54) is 0 Å². The molecule has 0 bridgehead atoms. The van der Waals surface area contributed by atoms with Crippen molar-refractivity contribution in [2.24, 2.45) is 5.16 Å². The lowest BCUT2D eigenvalue weighted by Crippen LogP contribution is -2.23. The van der Waals surface area contributed by atoms with Gasteiger partial charge in [0.2, 0.25) is 5.71 Å². The van der Waals surface area contributed by atoms with Crippen LogP contribution in [-0.2, 0) is 14.4 Å². The molecule has 0 spiro atoms. The molecular formula is C17H14N4O3. The van der Waals surface area contributed by atoms with Gasteiger partial charge in [-0.05, 0) is 24.3 Å². The molecule has 0 heterocycles. The highest BCUT2D eigenvalue weighted by Gasteiger charge is 2.12. The quantitative estimate of drug-likeness (QED) is 0.628. The molecule has 0 radical (unpaired) electrons. The van der Waals surface area contributed by atoms with E-state index in [9.17, 15) is 9.59 Å². The number of nitriles is 1. The Morgan fingerprint density at radius 1 is 0.958 bits per heavy atom. The van der Waals surface area contributed by atoms with E-state index in [0.29, 0.717) is 11.4 Å². The maximum absolute atomic E-state index is 11.9. The van der Waals surface area contributed by atoms with Crippen molar-refractivity contribution in [1.29, 1.82) is 5.26 Å². The summed E-state index contributed by atoms with van der Waals surface area (Å²) in [6, 6.07) is 19.0. The molecule has 120 valence electrons. The molecule has 2 aromatic rings. The number of hydrogen-bond acceptors (Lipinski definition) is 5. The summed E-state index contributed by atoms with van der Waals surface area (Å²) >= 11 is 0. The largest absolute Gasteiger partial charge is 0.384 e. The number of carbonyl (C=O) groups is 2. The Balaban J connectivity index is 1.85. The lowest BCUT2D eigenvalue weighted by atomic mass is 10.3. The van der Waals surface area contributed by atoms with Gasteiger partial charge >= 0.3 is 0 Å². The summed E-state index contributed by atoms with van der Waals surface area (Å²) in [7, 11) is 0. The van der Waals surface area contributed by atoms with E-state index >= 15 is 0 Å². The van der Waals surface area contributed by atoms with E-state index in [-0.39, 0.29) is 0 Å². The monoisotopic (exact) mass is 322 g/mol. The van der Waals surface area contributed by atoms with Gasteiger partial charge in [-0.15, -0.1) is 0 Å². The smallest absolute Gasteiger partial charge is 0.288 e. The molecule has 0 aliphatic rings. The van der Waals surface area contributed by atoms with E-state index in [0.717, 1.165) is 0 Å². The molecule has 7 heteroatoms. The van der Waals surface area contributed by atoms with Crippen LogP contribution in [0.2, 0.25) is 0 Å². The van der Waals surface area contributed by atoms with E-state index in [1.807, 2.05) is 6.07 Å². The van der Waals surface area contributed by atoms with Gasteiger partial charge in [-0.25, -0.2) is 0 Å². The molecule has 7 nitrogen and oxygen atoms in total. The Morgan fingerprint density at radius 2 is 1.50 bits per heavy atom. The van der Waals surface area contributed by atoms with Gasteiger partial charge in [-0.2, -0.15) is 5.26 Å². The average molecular weight is 322 g/mol. The third-order valence-electron chi connectivity index (χ3n) is 2.76. The Hall–Kier alpha value is -3.66. The number of anilines is 2. The van der Waals surface area contributed by atoms with Crippen LogP contribution in [-0.4, -0.2) is 24.1 Å². The van der Waals surface area contributed by atoms with Crippen molar-refractivity contribution in [2.45, 2.75) is 0 Å². The number of amides is 2. The van der Waals surface area contributed by atoms with Crippen LogP contribution in [0.4, 0.5) is 11.4 Å². The van der Waals surface area contributed by atoms with Crippen LogP contribution >= 0.6 is 0 Å². The normalized spacial score (nSPS) is 10.4. The van der Waals surface area contributed by atoms with Crippen LogP contribution in [0.15, 0.2) is 65.8 Å². The van der Waals surface area contributed by atoms with Crippen molar-refractivity contribution in [1.82, 2.24) is 0 Å². The first kappa shape index (κ1) is 16.7. The molecule has 2 amide bonds. The lowest BCUT2D eigenvalue weighted by molar-refractivity contribution is -0.120. The number of rotatable bonds is 6. The number of nitrogens with zero attached hydrogens (tertiary/aromatic N) is 2. The van der Waals surface area contributed by atoms with Gasteiger partial charge in [0, 0.05) is 11.4 Å². The van der Waals surface area contributed by atoms with E-state index in [2.05, 4.69) is 15.8 Å². The second kappa shape index (κ2) is 8.70. The molecule has 0 fully saturated rings. The summed E-state index contributed by atoms with van der Waals surface area (Å²) in [5.74, 6) is -1.17. The summed E-state index contributed by atoms with van der Waals surface area (Å²) in [4.78, 5) is 28.3.